The molecule has 0 bridgehead atoms. The Labute approximate surface area is 222 Å². The predicted molar refractivity (Wildman–Crippen MR) is 140 cm³/mol. The van der Waals surface area contributed by atoms with Crippen LogP contribution in [0.4, 0.5) is 13.2 Å². The van der Waals surface area contributed by atoms with Crippen LogP contribution in [0.3, 0.4) is 0 Å². The van der Waals surface area contributed by atoms with Gasteiger partial charge in [-0.3, -0.25) is 9.78 Å². The Balaban J connectivity index is 1.49. The molecule has 0 radical (unpaired) electrons. The number of carbonyl (C=O) groups is 2. The molecule has 12 heteroatoms. The molecule has 8 nitrogen and oxygen atoms in total. The zero-order valence-corrected chi connectivity index (χ0v) is 22.5. The summed E-state index contributed by atoms with van der Waals surface area (Å²) in [5, 5.41) is 15.4. The number of nitrogens with one attached hydrogen (secondary N) is 2. The van der Waals surface area contributed by atoms with Crippen molar-refractivity contribution in [2.24, 2.45) is 0 Å². The van der Waals surface area contributed by atoms with E-state index in [0.717, 1.165) is 65.7 Å². The van der Waals surface area contributed by atoms with Crippen molar-refractivity contribution in [3.8, 4) is 0 Å². The Morgan fingerprint density at radius 3 is 2.87 bits per heavy atom. The number of ether oxygens (including phenoxy) is 1. The number of amides is 1. The number of rotatable bonds is 14. The molecule has 3 heterocycles. The van der Waals surface area contributed by atoms with E-state index in [2.05, 4.69) is 32.7 Å². The van der Waals surface area contributed by atoms with Crippen molar-refractivity contribution in [3.05, 3.63) is 52.8 Å². The summed E-state index contributed by atoms with van der Waals surface area (Å²) in [6.07, 6.45) is 6.25. The van der Waals surface area contributed by atoms with Gasteiger partial charge in [0, 0.05) is 44.0 Å². The number of carboxylic acid groups (broad SMARTS) is 1. The molecule has 1 aromatic heterocycles. The summed E-state index contributed by atoms with van der Waals surface area (Å²) in [5.41, 5.74) is 1.33. The third-order valence-corrected chi connectivity index (χ3v) is 8.26. The standard InChI is InChI=1S/C26H36F3N4O4P/c1-37-17-16-33(14-3-2-7-19-10-9-18-6-4-13-31-24(18)38-19)15-11-21(25(35)36)32-23(34)22-20(26(27,28)29)8-5-12-30-22/h5,8-10,12,19,21,31,38H,2-4,6-7,11,13-17H2,1H3,(H,32,34)(H,35,36). The van der Waals surface area contributed by atoms with Gasteiger partial charge in [-0.05, 0) is 56.4 Å². The molecule has 2 aliphatic rings. The molecule has 0 aliphatic carbocycles. The number of halogens is 3. The van der Waals surface area contributed by atoms with Gasteiger partial charge < -0.3 is 25.4 Å². The molecule has 0 fully saturated rings. The van der Waals surface area contributed by atoms with Crippen LogP contribution < -0.4 is 10.6 Å². The number of allylic oxidation sites excluding steroid dienone is 3. The zero-order valence-electron chi connectivity index (χ0n) is 21.5. The highest BCUT2D eigenvalue weighted by Gasteiger charge is 2.36. The largest absolute Gasteiger partial charge is 0.480 e. The van der Waals surface area contributed by atoms with Gasteiger partial charge >= 0.3 is 12.1 Å². The molecular weight excluding hydrogens is 520 g/mol. The SMILES string of the molecule is COCCN(CCCCC1C=CC2=C(NCCC2)P1)CCC(NC(=O)c1ncccc1C(F)(F)F)C(=O)O. The van der Waals surface area contributed by atoms with Crippen LogP contribution in [-0.4, -0.2) is 78.5 Å². The number of alkyl halides is 3. The van der Waals surface area contributed by atoms with Crippen LogP contribution in [0.1, 0.15) is 54.6 Å². The Kier molecular flexibility index (Phi) is 11.6. The fraction of sp³-hybridized carbons (Fsp3) is 0.577. The highest BCUT2D eigenvalue weighted by atomic mass is 31.1. The minimum Gasteiger partial charge on any atom is -0.480 e. The number of methoxy groups -OCH3 is 1. The van der Waals surface area contributed by atoms with E-state index >= 15 is 0 Å². The third kappa shape index (κ3) is 9.06. The first kappa shape index (κ1) is 30.1. The number of hydrogen-bond donors (Lipinski definition) is 3. The molecule has 2 aliphatic heterocycles. The van der Waals surface area contributed by atoms with Crippen molar-refractivity contribution in [1.82, 2.24) is 20.5 Å². The summed E-state index contributed by atoms with van der Waals surface area (Å²) in [7, 11) is 2.36. The average Bonchev–Trinajstić information content (AvgIpc) is 2.90. The van der Waals surface area contributed by atoms with Gasteiger partial charge in [-0.1, -0.05) is 27.2 Å². The number of nitrogens with zero attached hydrogens (tertiary/aromatic N) is 2. The second-order valence-corrected chi connectivity index (χ2v) is 11.0. The number of carbonyl (C=O) groups excluding carboxylic acids is 1. The number of hydrogen-bond acceptors (Lipinski definition) is 6. The fourth-order valence-corrected chi connectivity index (χ4v) is 6.07. The molecule has 3 atom stereocenters. The number of aromatic nitrogens is 1. The Morgan fingerprint density at radius 2 is 2.13 bits per heavy atom. The summed E-state index contributed by atoms with van der Waals surface area (Å²) in [5.74, 6) is -2.48. The van der Waals surface area contributed by atoms with E-state index in [1.165, 1.54) is 17.4 Å². The Hall–Kier alpha value is -2.49. The van der Waals surface area contributed by atoms with Crippen LogP contribution in [0.2, 0.25) is 0 Å². The van der Waals surface area contributed by atoms with Gasteiger partial charge in [-0.25, -0.2) is 4.79 Å². The minimum absolute atomic E-state index is 0.0360. The molecule has 0 saturated heterocycles. The van der Waals surface area contributed by atoms with Crippen LogP contribution in [0.5, 0.6) is 0 Å². The highest BCUT2D eigenvalue weighted by molar-refractivity contribution is 7.44. The molecule has 1 amide bonds. The van der Waals surface area contributed by atoms with E-state index in [4.69, 9.17) is 4.74 Å². The summed E-state index contributed by atoms with van der Waals surface area (Å²) in [6, 6.07) is 0.471. The third-order valence-electron chi connectivity index (χ3n) is 6.62. The molecule has 210 valence electrons. The molecular formula is C26H36F3N4O4P. The Bertz CT molecular complexity index is 1020. The second kappa shape index (κ2) is 14.6. The van der Waals surface area contributed by atoms with Gasteiger partial charge in [0.05, 0.1) is 12.2 Å². The first-order chi connectivity index (χ1) is 18.2. The van der Waals surface area contributed by atoms with Gasteiger partial charge in [-0.2, -0.15) is 13.2 Å². The molecule has 0 spiro atoms. The average molecular weight is 557 g/mol. The normalized spacial score (nSPS) is 18.8. The van der Waals surface area contributed by atoms with E-state index in [1.54, 1.807) is 7.11 Å². The first-order valence-electron chi connectivity index (χ1n) is 12.9. The molecule has 1 aromatic rings. The predicted octanol–water partition coefficient (Wildman–Crippen LogP) is 4.00. The van der Waals surface area contributed by atoms with Gasteiger partial charge in [0.25, 0.3) is 5.91 Å². The lowest BCUT2D eigenvalue weighted by atomic mass is 10.1. The van der Waals surface area contributed by atoms with Crippen molar-refractivity contribution >= 4 is 20.5 Å². The molecule has 38 heavy (non-hydrogen) atoms. The van der Waals surface area contributed by atoms with Crippen LogP contribution in [0, 0.1) is 0 Å². The second-order valence-electron chi connectivity index (χ2n) is 9.42. The molecule has 3 rings (SSSR count). The van der Waals surface area contributed by atoms with Crippen LogP contribution >= 0.6 is 8.58 Å². The summed E-state index contributed by atoms with van der Waals surface area (Å²) >= 11 is 0. The van der Waals surface area contributed by atoms with Gasteiger partial charge in [0.15, 0.2) is 0 Å². The Morgan fingerprint density at radius 1 is 1.32 bits per heavy atom. The lowest BCUT2D eigenvalue weighted by Crippen LogP contribution is -2.44. The van der Waals surface area contributed by atoms with Crippen LogP contribution in [-0.2, 0) is 15.7 Å². The fourth-order valence-electron chi connectivity index (χ4n) is 4.54. The maximum absolute atomic E-state index is 13.3. The lowest BCUT2D eigenvalue weighted by molar-refractivity contribution is -0.139. The van der Waals surface area contributed by atoms with Crippen molar-refractivity contribution in [3.63, 3.8) is 0 Å². The van der Waals surface area contributed by atoms with Crippen molar-refractivity contribution in [1.29, 1.82) is 0 Å². The first-order valence-corrected chi connectivity index (χ1v) is 14.0. The molecule has 0 saturated carbocycles. The van der Waals surface area contributed by atoms with Gasteiger partial charge in [-0.15, -0.1) is 0 Å². The van der Waals surface area contributed by atoms with Crippen LogP contribution in [0.25, 0.3) is 0 Å². The van der Waals surface area contributed by atoms with Crippen molar-refractivity contribution < 1.29 is 32.6 Å². The lowest BCUT2D eigenvalue weighted by Gasteiger charge is -2.27. The summed E-state index contributed by atoms with van der Waals surface area (Å²) in [6.45, 7) is 3.17. The number of carboxylic acids is 1. The van der Waals surface area contributed by atoms with Gasteiger partial charge in [0.2, 0.25) is 0 Å². The molecule has 3 unspecified atom stereocenters. The summed E-state index contributed by atoms with van der Waals surface area (Å²) in [4.78, 5) is 29.9. The summed E-state index contributed by atoms with van der Waals surface area (Å²) < 4.78 is 44.9. The minimum atomic E-state index is -4.78. The van der Waals surface area contributed by atoms with E-state index in [1.807, 2.05) is 0 Å². The maximum Gasteiger partial charge on any atom is 0.418 e. The number of pyridine rings is 1. The van der Waals surface area contributed by atoms with Gasteiger partial charge in [0.1, 0.15) is 11.7 Å². The quantitative estimate of drug-likeness (QED) is 0.235. The number of aliphatic carboxylic acids is 1. The molecule has 3 N–H and O–H groups in total. The topological polar surface area (TPSA) is 104 Å². The van der Waals surface area contributed by atoms with Crippen molar-refractivity contribution in [2.75, 3.05) is 39.9 Å². The molecule has 0 aromatic carbocycles. The highest BCUT2D eigenvalue weighted by Crippen LogP contribution is 2.40. The zero-order chi connectivity index (χ0) is 27.5. The smallest absolute Gasteiger partial charge is 0.418 e. The maximum atomic E-state index is 13.3. The van der Waals surface area contributed by atoms with E-state index < -0.39 is 35.4 Å². The number of unbranched alkanes of at least 4 members (excludes halogenated alkanes) is 1. The monoisotopic (exact) mass is 556 g/mol. The van der Waals surface area contributed by atoms with E-state index in [9.17, 15) is 27.9 Å². The van der Waals surface area contributed by atoms with Crippen molar-refractivity contribution in [2.45, 2.75) is 56.4 Å². The van der Waals surface area contributed by atoms with Crippen LogP contribution in [0.15, 0.2) is 41.5 Å². The van der Waals surface area contributed by atoms with E-state index in [-0.39, 0.29) is 6.42 Å². The van der Waals surface area contributed by atoms with E-state index in [0.29, 0.717) is 25.4 Å².